The van der Waals surface area contributed by atoms with Crippen LogP contribution in [0.4, 0.5) is 0 Å². The molecule has 0 rings (SSSR count). The maximum atomic E-state index is 5.81. The Hall–Kier alpha value is 0.757. The Morgan fingerprint density at radius 2 is 2.12 bits per heavy atom. The number of alkyl halides is 1. The van der Waals surface area contributed by atoms with Crippen LogP contribution in [-0.4, -0.2) is 19.7 Å². The zero-order valence-corrected chi connectivity index (χ0v) is 7.59. The highest BCUT2D eigenvalue weighted by molar-refractivity contribution is 7.18. The molecule has 0 aliphatic carbocycles. The van der Waals surface area contributed by atoms with Gasteiger partial charge in [-0.1, -0.05) is 0 Å². The molecule has 0 heterocycles. The van der Waals surface area contributed by atoms with Crippen LogP contribution < -0.4 is 0 Å². The topological polar surface area (TPSA) is 9.23 Å². The first-order valence-corrected chi connectivity index (χ1v) is 6.67. The van der Waals surface area contributed by atoms with Gasteiger partial charge in [0, 0.05) is 6.61 Å². The van der Waals surface area contributed by atoms with Crippen molar-refractivity contribution in [3.63, 3.8) is 0 Å². The first kappa shape index (κ1) is 8.76. The third-order valence-electron chi connectivity index (χ3n) is 0.684. The largest absolute Gasteiger partial charge is 0.403 e. The minimum Gasteiger partial charge on any atom is -0.403 e. The van der Waals surface area contributed by atoms with Gasteiger partial charge in [0.25, 0.3) is 0 Å². The highest BCUT2D eigenvalue weighted by atomic mass is 35.6. The first-order chi connectivity index (χ1) is 3.62. The van der Waals surface area contributed by atoms with Crippen molar-refractivity contribution >= 4 is 30.3 Å². The molecule has 0 bridgehead atoms. The molecule has 0 saturated heterocycles. The van der Waals surface area contributed by atoms with Gasteiger partial charge in [-0.3, -0.25) is 0 Å². The van der Waals surface area contributed by atoms with E-state index in [9.17, 15) is 0 Å². The molecule has 0 N–H and O–H groups in total. The summed E-state index contributed by atoms with van der Waals surface area (Å²) >= 11 is 11.3. The Bertz CT molecular complexity index is 67.1. The lowest BCUT2D eigenvalue weighted by atomic mass is 10.9. The molecule has 0 fully saturated rings. The molecule has 1 unspecified atom stereocenters. The Labute approximate surface area is 60.8 Å². The zero-order valence-electron chi connectivity index (χ0n) is 5.08. The van der Waals surface area contributed by atoms with E-state index in [0.717, 1.165) is 0 Å². The Balaban J connectivity index is 3.37. The SMILES string of the molecule is CCO[Si](C)(Cl)CCl. The monoisotopic (exact) mass is 172 g/mol. The fourth-order valence-corrected chi connectivity index (χ4v) is 1.58. The molecule has 50 valence electrons. The molecule has 8 heavy (non-hydrogen) atoms. The van der Waals surface area contributed by atoms with Crippen molar-refractivity contribution in [2.75, 3.05) is 12.1 Å². The smallest absolute Gasteiger partial charge is 0.301 e. The van der Waals surface area contributed by atoms with Gasteiger partial charge in [-0.15, -0.1) is 22.7 Å². The average molecular weight is 173 g/mol. The van der Waals surface area contributed by atoms with Crippen LogP contribution >= 0.6 is 22.7 Å². The molecule has 1 atom stereocenters. The van der Waals surface area contributed by atoms with Crippen LogP contribution in [0.25, 0.3) is 0 Å². The molecule has 4 heteroatoms. The maximum Gasteiger partial charge on any atom is 0.301 e. The number of rotatable bonds is 3. The fraction of sp³-hybridized carbons (Fsp3) is 1.00. The van der Waals surface area contributed by atoms with Crippen LogP contribution in [0.15, 0.2) is 0 Å². The highest BCUT2D eigenvalue weighted by Crippen LogP contribution is 2.11. The van der Waals surface area contributed by atoms with Crippen molar-refractivity contribution in [2.24, 2.45) is 0 Å². The number of hydrogen-bond acceptors (Lipinski definition) is 1. The minimum atomic E-state index is -1.94. The molecule has 0 saturated carbocycles. The third-order valence-corrected chi connectivity index (χ3v) is 4.72. The van der Waals surface area contributed by atoms with Crippen molar-refractivity contribution in [1.82, 2.24) is 0 Å². The molecular formula is C4H10Cl2OSi. The second-order valence-electron chi connectivity index (χ2n) is 1.67. The van der Waals surface area contributed by atoms with Crippen LogP contribution in [0, 0.1) is 0 Å². The van der Waals surface area contributed by atoms with Gasteiger partial charge in [0.05, 0.1) is 5.50 Å². The Kier molecular flexibility index (Phi) is 4.07. The van der Waals surface area contributed by atoms with Crippen molar-refractivity contribution in [1.29, 1.82) is 0 Å². The Morgan fingerprint density at radius 1 is 1.62 bits per heavy atom. The lowest BCUT2D eigenvalue weighted by Crippen LogP contribution is -2.29. The van der Waals surface area contributed by atoms with Crippen LogP contribution in [0.2, 0.25) is 6.55 Å². The van der Waals surface area contributed by atoms with Crippen LogP contribution in [0.5, 0.6) is 0 Å². The molecule has 0 spiro atoms. The van der Waals surface area contributed by atoms with E-state index in [1.165, 1.54) is 0 Å². The van der Waals surface area contributed by atoms with Gasteiger partial charge < -0.3 is 4.43 Å². The van der Waals surface area contributed by atoms with E-state index < -0.39 is 7.63 Å². The van der Waals surface area contributed by atoms with Crippen molar-refractivity contribution in [3.8, 4) is 0 Å². The molecule has 0 aromatic heterocycles. The van der Waals surface area contributed by atoms with E-state index in [4.69, 9.17) is 27.1 Å². The number of halogens is 2. The summed E-state index contributed by atoms with van der Waals surface area (Å²) in [4.78, 5) is 0. The molecule has 0 aliphatic rings. The quantitative estimate of drug-likeness (QED) is 0.361. The van der Waals surface area contributed by atoms with Gasteiger partial charge in [0.2, 0.25) is 0 Å². The lowest BCUT2D eigenvalue weighted by molar-refractivity contribution is 0.343. The Morgan fingerprint density at radius 3 is 2.25 bits per heavy atom. The second-order valence-corrected chi connectivity index (χ2v) is 7.63. The summed E-state index contributed by atoms with van der Waals surface area (Å²) < 4.78 is 5.15. The lowest BCUT2D eigenvalue weighted by Gasteiger charge is -2.14. The van der Waals surface area contributed by atoms with Crippen LogP contribution in [0.3, 0.4) is 0 Å². The molecule has 0 aromatic carbocycles. The van der Waals surface area contributed by atoms with E-state index in [1.54, 1.807) is 0 Å². The molecule has 0 aliphatic heterocycles. The summed E-state index contributed by atoms with van der Waals surface area (Å²) in [7, 11) is -1.94. The second kappa shape index (κ2) is 3.72. The van der Waals surface area contributed by atoms with E-state index >= 15 is 0 Å². The third kappa shape index (κ3) is 3.72. The molecular weight excluding hydrogens is 163 g/mol. The standard InChI is InChI=1S/C4H10Cl2OSi/c1-3-7-8(2,6)4-5/h3-4H2,1-2H3. The minimum absolute atomic E-state index is 0.461. The van der Waals surface area contributed by atoms with Crippen LogP contribution in [-0.2, 0) is 4.43 Å². The molecule has 0 radical (unpaired) electrons. The van der Waals surface area contributed by atoms with Crippen LogP contribution in [0.1, 0.15) is 6.92 Å². The van der Waals surface area contributed by atoms with Crippen molar-refractivity contribution in [2.45, 2.75) is 13.5 Å². The summed E-state index contributed by atoms with van der Waals surface area (Å²) in [6.45, 7) is 4.46. The average Bonchev–Trinajstić information content (AvgIpc) is 1.67. The van der Waals surface area contributed by atoms with E-state index in [2.05, 4.69) is 0 Å². The van der Waals surface area contributed by atoms with Crippen molar-refractivity contribution < 1.29 is 4.43 Å². The zero-order chi connectivity index (χ0) is 6.62. The normalized spacial score (nSPS) is 18.0. The van der Waals surface area contributed by atoms with Gasteiger partial charge in [0.15, 0.2) is 0 Å². The molecule has 1 nitrogen and oxygen atoms in total. The van der Waals surface area contributed by atoms with E-state index in [0.29, 0.717) is 12.1 Å². The van der Waals surface area contributed by atoms with Gasteiger partial charge in [-0.25, -0.2) is 0 Å². The predicted molar refractivity (Wildman–Crippen MR) is 39.8 cm³/mol. The summed E-state index contributed by atoms with van der Waals surface area (Å²) in [5.74, 6) is 0. The predicted octanol–water partition coefficient (Wildman–Crippen LogP) is 2.11. The molecule has 0 aromatic rings. The number of hydrogen-bond donors (Lipinski definition) is 0. The van der Waals surface area contributed by atoms with E-state index in [1.807, 2.05) is 13.5 Å². The maximum absolute atomic E-state index is 5.81. The molecule has 0 amide bonds. The van der Waals surface area contributed by atoms with Gasteiger partial charge in [-0.05, 0) is 13.5 Å². The summed E-state index contributed by atoms with van der Waals surface area (Å²) in [6, 6.07) is 0. The highest BCUT2D eigenvalue weighted by Gasteiger charge is 2.23. The van der Waals surface area contributed by atoms with Gasteiger partial charge >= 0.3 is 7.63 Å². The van der Waals surface area contributed by atoms with Gasteiger partial charge in [-0.2, -0.15) is 0 Å². The fourth-order valence-electron chi connectivity index (χ4n) is 0.340. The van der Waals surface area contributed by atoms with Crippen molar-refractivity contribution in [3.05, 3.63) is 0 Å². The summed E-state index contributed by atoms with van der Waals surface area (Å²) in [5, 5.41) is 0. The summed E-state index contributed by atoms with van der Waals surface area (Å²) in [5.41, 5.74) is 0.461. The van der Waals surface area contributed by atoms with Gasteiger partial charge in [0.1, 0.15) is 0 Å². The first-order valence-electron chi connectivity index (χ1n) is 2.51. The summed E-state index contributed by atoms with van der Waals surface area (Å²) in [6.07, 6.45) is 0. The van der Waals surface area contributed by atoms with E-state index in [-0.39, 0.29) is 0 Å².